The number of aromatic nitrogens is 2. The van der Waals surface area contributed by atoms with Crippen LogP contribution < -0.4 is 10.6 Å². The van der Waals surface area contributed by atoms with Crippen molar-refractivity contribution in [3.63, 3.8) is 0 Å². The van der Waals surface area contributed by atoms with Crippen LogP contribution in [0.15, 0.2) is 6.20 Å². The van der Waals surface area contributed by atoms with Gasteiger partial charge in [-0.05, 0) is 32.1 Å². The maximum atomic E-state index is 12.2. The summed E-state index contributed by atoms with van der Waals surface area (Å²) in [5, 5.41) is 10.9. The van der Waals surface area contributed by atoms with Crippen LogP contribution in [0.1, 0.15) is 63.1 Å². The predicted molar refractivity (Wildman–Crippen MR) is 99.4 cm³/mol. The number of piperidine rings is 1. The summed E-state index contributed by atoms with van der Waals surface area (Å²) in [5.74, 6) is 0. The Morgan fingerprint density at radius 3 is 2.40 bits per heavy atom. The molecule has 2 N–H and O–H groups in total. The fourth-order valence-electron chi connectivity index (χ4n) is 4.15. The van der Waals surface area contributed by atoms with Crippen molar-refractivity contribution >= 4 is 6.03 Å². The fourth-order valence-corrected chi connectivity index (χ4v) is 4.15. The third kappa shape index (κ3) is 5.21. The first kappa shape index (κ1) is 18.2. The van der Waals surface area contributed by atoms with Crippen LogP contribution in [0.5, 0.6) is 0 Å². The number of hydrogen-bond acceptors (Lipinski definition) is 3. The van der Waals surface area contributed by atoms with Crippen LogP contribution in [0, 0.1) is 0 Å². The van der Waals surface area contributed by atoms with E-state index >= 15 is 0 Å². The van der Waals surface area contributed by atoms with Crippen molar-refractivity contribution in [2.45, 2.75) is 76.9 Å². The number of carbonyl (C=O) groups excluding carboxylic acids is 1. The number of aryl methyl sites for hydroxylation is 2. The van der Waals surface area contributed by atoms with Gasteiger partial charge in [-0.25, -0.2) is 4.79 Å². The maximum absolute atomic E-state index is 12.2. The number of urea groups is 1. The van der Waals surface area contributed by atoms with Crippen molar-refractivity contribution in [1.29, 1.82) is 0 Å². The Hall–Kier alpha value is -1.56. The molecule has 1 aliphatic carbocycles. The van der Waals surface area contributed by atoms with Gasteiger partial charge in [-0.3, -0.25) is 9.58 Å². The molecule has 3 rings (SSSR count). The molecule has 0 unspecified atom stereocenters. The van der Waals surface area contributed by atoms with Gasteiger partial charge in [0, 0.05) is 50.5 Å². The second-order valence-electron chi connectivity index (χ2n) is 7.63. The number of carbonyl (C=O) groups is 1. The number of likely N-dealkylation sites (tertiary alicyclic amines) is 1. The zero-order chi connectivity index (χ0) is 17.6. The lowest BCUT2D eigenvalue weighted by Gasteiger charge is -2.33. The first-order chi connectivity index (χ1) is 12.1. The molecule has 1 aromatic rings. The van der Waals surface area contributed by atoms with Crippen molar-refractivity contribution in [2.75, 3.05) is 13.1 Å². The monoisotopic (exact) mass is 347 g/mol. The fraction of sp³-hybridized carbons (Fsp3) is 0.789. The lowest BCUT2D eigenvalue weighted by molar-refractivity contribution is 0.184. The van der Waals surface area contributed by atoms with E-state index in [9.17, 15) is 4.79 Å². The second kappa shape index (κ2) is 8.70. The van der Waals surface area contributed by atoms with E-state index < -0.39 is 0 Å². The zero-order valence-electron chi connectivity index (χ0n) is 15.8. The van der Waals surface area contributed by atoms with Gasteiger partial charge in [-0.1, -0.05) is 26.2 Å². The number of nitrogens with zero attached hydrogens (tertiary/aromatic N) is 3. The SMILES string of the molecule is CCc1nn(C)cc1CN1CCC(NC(=O)NC2CCCCC2)CC1. The van der Waals surface area contributed by atoms with Gasteiger partial charge in [-0.2, -0.15) is 5.10 Å². The number of hydrogen-bond donors (Lipinski definition) is 2. The summed E-state index contributed by atoms with van der Waals surface area (Å²) in [5.41, 5.74) is 2.54. The molecule has 6 nitrogen and oxygen atoms in total. The van der Waals surface area contributed by atoms with Crippen LogP contribution in [0.3, 0.4) is 0 Å². The molecule has 2 amide bonds. The van der Waals surface area contributed by atoms with E-state index in [2.05, 4.69) is 33.8 Å². The smallest absolute Gasteiger partial charge is 0.315 e. The minimum Gasteiger partial charge on any atom is -0.335 e. The topological polar surface area (TPSA) is 62.2 Å². The first-order valence-electron chi connectivity index (χ1n) is 9.95. The van der Waals surface area contributed by atoms with Gasteiger partial charge >= 0.3 is 6.03 Å². The Balaban J connectivity index is 1.40. The maximum Gasteiger partial charge on any atom is 0.315 e. The first-order valence-corrected chi connectivity index (χ1v) is 9.95. The highest BCUT2D eigenvalue weighted by Gasteiger charge is 2.23. The van der Waals surface area contributed by atoms with E-state index in [1.807, 2.05) is 11.7 Å². The number of nitrogens with one attached hydrogen (secondary N) is 2. The van der Waals surface area contributed by atoms with E-state index in [4.69, 9.17) is 0 Å². The zero-order valence-corrected chi connectivity index (χ0v) is 15.8. The quantitative estimate of drug-likeness (QED) is 0.860. The molecule has 0 radical (unpaired) electrons. The highest BCUT2D eigenvalue weighted by Crippen LogP contribution is 2.18. The van der Waals surface area contributed by atoms with Crippen LogP contribution in [0.4, 0.5) is 4.79 Å². The van der Waals surface area contributed by atoms with Crippen molar-refractivity contribution < 1.29 is 4.79 Å². The summed E-state index contributed by atoms with van der Waals surface area (Å²) in [7, 11) is 1.99. The van der Waals surface area contributed by atoms with Crippen LogP contribution in [0.25, 0.3) is 0 Å². The Morgan fingerprint density at radius 2 is 1.76 bits per heavy atom. The molecule has 2 aliphatic rings. The minimum atomic E-state index is 0.0332. The third-order valence-electron chi connectivity index (χ3n) is 5.58. The van der Waals surface area contributed by atoms with Gasteiger partial charge in [-0.15, -0.1) is 0 Å². The summed E-state index contributed by atoms with van der Waals surface area (Å²) in [6, 6.07) is 0.720. The molecule has 1 saturated heterocycles. The van der Waals surface area contributed by atoms with Gasteiger partial charge in [0.2, 0.25) is 0 Å². The Bertz CT molecular complexity index is 556. The van der Waals surface area contributed by atoms with Gasteiger partial charge in [0.15, 0.2) is 0 Å². The summed E-state index contributed by atoms with van der Waals surface area (Å²) in [4.78, 5) is 14.7. The molecule has 140 valence electrons. The van der Waals surface area contributed by atoms with Gasteiger partial charge in [0.25, 0.3) is 0 Å². The third-order valence-corrected chi connectivity index (χ3v) is 5.58. The molecule has 2 heterocycles. The molecule has 0 aromatic carbocycles. The van der Waals surface area contributed by atoms with Crippen molar-refractivity contribution in [2.24, 2.45) is 7.05 Å². The average Bonchev–Trinajstić information content (AvgIpc) is 2.97. The van der Waals surface area contributed by atoms with E-state index in [0.717, 1.165) is 51.7 Å². The van der Waals surface area contributed by atoms with Gasteiger partial charge < -0.3 is 10.6 Å². The van der Waals surface area contributed by atoms with E-state index in [1.54, 1.807) is 0 Å². The molecule has 1 aliphatic heterocycles. The van der Waals surface area contributed by atoms with E-state index in [1.165, 1.54) is 30.5 Å². The molecule has 0 bridgehead atoms. The summed E-state index contributed by atoms with van der Waals surface area (Å²) < 4.78 is 1.91. The highest BCUT2D eigenvalue weighted by molar-refractivity contribution is 5.74. The molecule has 0 spiro atoms. The van der Waals surface area contributed by atoms with Crippen LogP contribution >= 0.6 is 0 Å². The van der Waals surface area contributed by atoms with Gasteiger partial charge in [0.05, 0.1) is 5.69 Å². The Labute approximate surface area is 151 Å². The molecule has 25 heavy (non-hydrogen) atoms. The van der Waals surface area contributed by atoms with Crippen LogP contribution in [0.2, 0.25) is 0 Å². The molecular formula is C19H33N5O. The molecule has 2 fully saturated rings. The molecule has 1 saturated carbocycles. The molecule has 6 heteroatoms. The largest absolute Gasteiger partial charge is 0.335 e. The number of rotatable bonds is 5. The molecule has 0 atom stereocenters. The predicted octanol–water partition coefficient (Wildman–Crippen LogP) is 2.58. The van der Waals surface area contributed by atoms with Crippen LogP contribution in [-0.4, -0.2) is 45.9 Å². The van der Waals surface area contributed by atoms with Crippen molar-refractivity contribution in [1.82, 2.24) is 25.3 Å². The Morgan fingerprint density at radius 1 is 1.12 bits per heavy atom. The lowest BCUT2D eigenvalue weighted by atomic mass is 9.96. The summed E-state index contributed by atoms with van der Waals surface area (Å²) in [6.45, 7) is 5.20. The normalized spacial score (nSPS) is 20.6. The van der Waals surface area contributed by atoms with Crippen molar-refractivity contribution in [3.8, 4) is 0 Å². The molecule has 1 aromatic heterocycles. The summed E-state index contributed by atoms with van der Waals surface area (Å²) >= 11 is 0. The van der Waals surface area contributed by atoms with E-state index in [-0.39, 0.29) is 6.03 Å². The van der Waals surface area contributed by atoms with Crippen molar-refractivity contribution in [3.05, 3.63) is 17.5 Å². The Kier molecular flexibility index (Phi) is 6.34. The van der Waals surface area contributed by atoms with E-state index in [0.29, 0.717) is 12.1 Å². The highest BCUT2D eigenvalue weighted by atomic mass is 16.2. The molecular weight excluding hydrogens is 314 g/mol. The average molecular weight is 348 g/mol. The number of amides is 2. The second-order valence-corrected chi connectivity index (χ2v) is 7.63. The standard InChI is InChI=1S/C19H33N5O/c1-3-18-15(13-23(2)22-18)14-24-11-9-17(10-12-24)21-19(25)20-16-7-5-4-6-8-16/h13,16-17H,3-12,14H2,1-2H3,(H2,20,21,25). The van der Waals surface area contributed by atoms with Gasteiger partial charge in [0.1, 0.15) is 0 Å². The lowest BCUT2D eigenvalue weighted by Crippen LogP contribution is -2.50. The van der Waals surface area contributed by atoms with Crippen LogP contribution in [-0.2, 0) is 20.0 Å². The minimum absolute atomic E-state index is 0.0332. The summed E-state index contributed by atoms with van der Waals surface area (Å²) in [6.07, 6.45) is 11.3.